The Kier molecular flexibility index (Phi) is 11.1. The lowest BCUT2D eigenvalue weighted by Crippen LogP contribution is -1.96. The number of hydrogen-bond donors (Lipinski definition) is 2. The number of ether oxygens (including phenoxy) is 4. The third kappa shape index (κ3) is 8.82. The number of methoxy groups -OCH3 is 2. The van der Waals surface area contributed by atoms with Gasteiger partial charge in [-0.05, 0) is 102 Å². The second-order valence-corrected chi connectivity index (χ2v) is 10.9. The molecule has 0 amide bonds. The van der Waals surface area contributed by atoms with Crippen molar-refractivity contribution in [2.24, 2.45) is 0 Å². The van der Waals surface area contributed by atoms with E-state index in [0.29, 0.717) is 40.9 Å². The van der Waals surface area contributed by atoms with Crippen molar-refractivity contribution < 1.29 is 47.6 Å². The van der Waals surface area contributed by atoms with Gasteiger partial charge in [0, 0.05) is 14.7 Å². The maximum absolute atomic E-state index is 11.0. The Morgan fingerprint density at radius 3 is 1.67 bits per heavy atom. The van der Waals surface area contributed by atoms with Gasteiger partial charge in [-0.2, -0.15) is 0 Å². The van der Waals surface area contributed by atoms with Crippen LogP contribution in [0.2, 0.25) is 0 Å². The summed E-state index contributed by atoms with van der Waals surface area (Å²) >= 11 is 2.20. The average molecular weight is 727 g/mol. The van der Waals surface area contributed by atoms with E-state index >= 15 is 0 Å². The Hall–Kier alpha value is -4.91. The lowest BCUT2D eigenvalue weighted by Gasteiger charge is -2.11. The molecule has 3 aromatic carbocycles. The Balaban J connectivity index is 0.000000222. The lowest BCUT2D eigenvalue weighted by molar-refractivity contribution is 0.0651. The Morgan fingerprint density at radius 1 is 0.667 bits per heavy atom. The van der Waals surface area contributed by atoms with E-state index in [9.17, 15) is 9.59 Å². The standard InChI is InChI=1S/C21H20O6.C13H11IO4/c1-13-16(11-20(27-13)21(22)23)12-26-17-6-4-5-14(9-17)15-7-8-18(24-2)19(10-15)25-3;1-8-9(5-12(18-8)13(15)16)7-17-11-4-2-3-10(14)6-11/h4-11H,12H2,1-3H3,(H,22,23);2-6H,7H2,1H3,(H,15,16). The van der Waals surface area contributed by atoms with Gasteiger partial charge in [-0.3, -0.25) is 0 Å². The molecule has 45 heavy (non-hydrogen) atoms. The maximum atomic E-state index is 11.0. The third-order valence-electron chi connectivity index (χ3n) is 6.60. The van der Waals surface area contributed by atoms with Crippen LogP contribution in [0.5, 0.6) is 23.0 Å². The second kappa shape index (κ2) is 15.2. The molecule has 0 fully saturated rings. The van der Waals surface area contributed by atoms with Crippen molar-refractivity contribution in [3.8, 4) is 34.1 Å². The molecule has 0 aliphatic carbocycles. The molecule has 2 heterocycles. The van der Waals surface area contributed by atoms with Gasteiger partial charge in [-0.15, -0.1) is 0 Å². The van der Waals surface area contributed by atoms with Crippen LogP contribution in [0.4, 0.5) is 0 Å². The highest BCUT2D eigenvalue weighted by Gasteiger charge is 2.15. The van der Waals surface area contributed by atoms with Crippen molar-refractivity contribution in [1.29, 1.82) is 0 Å². The van der Waals surface area contributed by atoms with E-state index in [1.54, 1.807) is 28.1 Å². The van der Waals surface area contributed by atoms with Gasteiger partial charge >= 0.3 is 11.9 Å². The second-order valence-electron chi connectivity index (χ2n) is 9.63. The van der Waals surface area contributed by atoms with Crippen molar-refractivity contribution in [1.82, 2.24) is 0 Å². The summed E-state index contributed by atoms with van der Waals surface area (Å²) in [6.07, 6.45) is 0. The van der Waals surface area contributed by atoms with Crippen molar-refractivity contribution in [2.75, 3.05) is 14.2 Å². The highest BCUT2D eigenvalue weighted by Crippen LogP contribution is 2.33. The van der Waals surface area contributed by atoms with Gasteiger partial charge in [0.15, 0.2) is 11.5 Å². The van der Waals surface area contributed by atoms with Crippen LogP contribution in [0, 0.1) is 17.4 Å². The highest BCUT2D eigenvalue weighted by molar-refractivity contribution is 14.1. The first-order valence-electron chi connectivity index (χ1n) is 13.6. The topological polar surface area (TPSA) is 138 Å². The molecule has 0 aliphatic rings. The van der Waals surface area contributed by atoms with E-state index in [1.807, 2.05) is 66.7 Å². The Bertz CT molecular complexity index is 1790. The number of rotatable bonds is 11. The number of aromatic carboxylic acids is 2. The summed E-state index contributed by atoms with van der Waals surface area (Å²) in [6.45, 7) is 3.95. The molecule has 0 aliphatic heterocycles. The molecule has 0 saturated carbocycles. The normalized spacial score (nSPS) is 10.4. The molecule has 5 aromatic rings. The van der Waals surface area contributed by atoms with Crippen molar-refractivity contribution in [3.05, 3.63) is 117 Å². The van der Waals surface area contributed by atoms with Crippen LogP contribution in [-0.4, -0.2) is 36.4 Å². The molecule has 0 spiro atoms. The molecule has 0 unspecified atom stereocenters. The summed E-state index contributed by atoms with van der Waals surface area (Å²) in [5, 5.41) is 17.8. The first-order valence-corrected chi connectivity index (χ1v) is 14.6. The molecule has 5 rings (SSSR count). The number of aryl methyl sites for hydroxylation is 2. The number of carbonyl (C=O) groups is 2. The predicted octanol–water partition coefficient (Wildman–Crippen LogP) is 8.02. The highest BCUT2D eigenvalue weighted by atomic mass is 127. The van der Waals surface area contributed by atoms with Crippen LogP contribution in [0.15, 0.2) is 87.7 Å². The zero-order chi connectivity index (χ0) is 32.5. The lowest BCUT2D eigenvalue weighted by atomic mass is 10.0. The number of hydrogen-bond acceptors (Lipinski definition) is 8. The monoisotopic (exact) mass is 726 g/mol. The molecular formula is C34H31IO10. The average Bonchev–Trinajstić information content (AvgIpc) is 3.61. The molecule has 0 atom stereocenters. The van der Waals surface area contributed by atoms with E-state index in [4.69, 9.17) is 38.0 Å². The van der Waals surface area contributed by atoms with Crippen LogP contribution in [0.1, 0.15) is 43.8 Å². The maximum Gasteiger partial charge on any atom is 0.371 e. The zero-order valence-corrected chi connectivity index (χ0v) is 27.1. The van der Waals surface area contributed by atoms with Gasteiger partial charge in [0.05, 0.1) is 14.2 Å². The minimum absolute atomic E-state index is 0.0613. The predicted molar refractivity (Wildman–Crippen MR) is 174 cm³/mol. The van der Waals surface area contributed by atoms with Crippen LogP contribution < -0.4 is 18.9 Å². The van der Waals surface area contributed by atoms with Crippen molar-refractivity contribution in [3.63, 3.8) is 0 Å². The fraction of sp³-hybridized carbons (Fsp3) is 0.176. The number of benzene rings is 3. The summed E-state index contributed by atoms with van der Waals surface area (Å²) in [6, 6.07) is 23.9. The number of carboxylic acids is 2. The Morgan fingerprint density at radius 2 is 1.18 bits per heavy atom. The molecule has 10 nitrogen and oxygen atoms in total. The fourth-order valence-electron chi connectivity index (χ4n) is 4.20. The number of halogens is 1. The number of carboxylic acid groups (broad SMARTS) is 2. The summed E-state index contributed by atoms with van der Waals surface area (Å²) in [5.41, 5.74) is 3.37. The summed E-state index contributed by atoms with van der Waals surface area (Å²) in [5.74, 6) is 1.51. The smallest absolute Gasteiger partial charge is 0.371 e. The van der Waals surface area contributed by atoms with Crippen LogP contribution in [0.25, 0.3) is 11.1 Å². The van der Waals surface area contributed by atoms with Crippen molar-refractivity contribution in [2.45, 2.75) is 27.1 Å². The SMILES string of the molecule is COc1ccc(-c2cccc(OCc3cc(C(=O)O)oc3C)c2)cc1OC.Cc1oc(C(=O)O)cc1COc1cccc(I)c1. The molecule has 0 bridgehead atoms. The molecule has 11 heteroatoms. The van der Waals surface area contributed by atoms with Gasteiger partial charge in [0.25, 0.3) is 0 Å². The third-order valence-corrected chi connectivity index (χ3v) is 7.27. The van der Waals surface area contributed by atoms with Crippen molar-refractivity contribution >= 4 is 34.5 Å². The summed E-state index contributed by atoms with van der Waals surface area (Å²) < 4.78 is 33.4. The van der Waals surface area contributed by atoms with Gasteiger partial charge in [0.2, 0.25) is 11.5 Å². The largest absolute Gasteiger partial charge is 0.493 e. The van der Waals surface area contributed by atoms with Crippen LogP contribution >= 0.6 is 22.6 Å². The molecule has 0 saturated heterocycles. The van der Waals surface area contributed by atoms with E-state index in [2.05, 4.69) is 22.6 Å². The molecule has 234 valence electrons. The fourth-order valence-corrected chi connectivity index (χ4v) is 4.71. The number of furan rings is 2. The van der Waals surface area contributed by atoms with Crippen LogP contribution in [-0.2, 0) is 13.2 Å². The molecule has 0 radical (unpaired) electrons. The minimum atomic E-state index is -1.10. The van der Waals surface area contributed by atoms with Gasteiger partial charge < -0.3 is 38.0 Å². The van der Waals surface area contributed by atoms with Gasteiger partial charge in [-0.25, -0.2) is 9.59 Å². The van der Waals surface area contributed by atoms with Gasteiger partial charge in [0.1, 0.15) is 36.2 Å². The van der Waals surface area contributed by atoms with E-state index in [0.717, 1.165) is 26.0 Å². The van der Waals surface area contributed by atoms with E-state index < -0.39 is 11.9 Å². The molecule has 2 N–H and O–H groups in total. The molecule has 2 aromatic heterocycles. The minimum Gasteiger partial charge on any atom is -0.493 e. The zero-order valence-electron chi connectivity index (χ0n) is 25.0. The molecular weight excluding hydrogens is 695 g/mol. The summed E-state index contributed by atoms with van der Waals surface area (Å²) in [7, 11) is 3.19. The van der Waals surface area contributed by atoms with Crippen LogP contribution in [0.3, 0.4) is 0 Å². The first-order chi connectivity index (χ1) is 21.6. The van der Waals surface area contributed by atoms with E-state index in [-0.39, 0.29) is 18.1 Å². The first kappa shape index (κ1) is 33.0. The van der Waals surface area contributed by atoms with E-state index in [1.165, 1.54) is 12.1 Å². The quantitative estimate of drug-likeness (QED) is 0.129. The summed E-state index contributed by atoms with van der Waals surface area (Å²) in [4.78, 5) is 21.7. The van der Waals surface area contributed by atoms with Gasteiger partial charge in [-0.1, -0.05) is 24.3 Å². The Labute approximate surface area is 273 Å².